The molecule has 0 aliphatic rings. The SMILES string of the molecule is O=S(=O)(NCc1cccc(Cl)c1)c1ccn[nH]1. The van der Waals surface area contributed by atoms with E-state index in [1.165, 1.54) is 12.3 Å². The van der Waals surface area contributed by atoms with Gasteiger partial charge in [0.2, 0.25) is 0 Å². The van der Waals surface area contributed by atoms with Crippen LogP contribution in [0.4, 0.5) is 0 Å². The highest BCUT2D eigenvalue weighted by Gasteiger charge is 2.14. The zero-order chi connectivity index (χ0) is 12.3. The summed E-state index contributed by atoms with van der Waals surface area (Å²) >= 11 is 5.80. The molecule has 0 amide bonds. The van der Waals surface area contributed by atoms with E-state index in [-0.39, 0.29) is 11.6 Å². The molecule has 90 valence electrons. The second-order valence-electron chi connectivity index (χ2n) is 3.38. The third-order valence-electron chi connectivity index (χ3n) is 2.12. The van der Waals surface area contributed by atoms with E-state index in [0.717, 1.165) is 5.56 Å². The molecule has 17 heavy (non-hydrogen) atoms. The van der Waals surface area contributed by atoms with Crippen molar-refractivity contribution in [3.63, 3.8) is 0 Å². The summed E-state index contributed by atoms with van der Waals surface area (Å²) < 4.78 is 25.9. The van der Waals surface area contributed by atoms with E-state index in [2.05, 4.69) is 14.9 Å². The van der Waals surface area contributed by atoms with Crippen molar-refractivity contribution in [2.75, 3.05) is 0 Å². The molecule has 2 N–H and O–H groups in total. The van der Waals surface area contributed by atoms with Gasteiger partial charge in [-0.15, -0.1) is 0 Å². The van der Waals surface area contributed by atoms with Crippen LogP contribution in [0.3, 0.4) is 0 Å². The van der Waals surface area contributed by atoms with Gasteiger partial charge < -0.3 is 0 Å². The lowest BCUT2D eigenvalue weighted by molar-refractivity contribution is 0.577. The third-order valence-corrected chi connectivity index (χ3v) is 3.69. The van der Waals surface area contributed by atoms with E-state index < -0.39 is 10.0 Å². The van der Waals surface area contributed by atoms with Crippen LogP contribution >= 0.6 is 11.6 Å². The van der Waals surface area contributed by atoms with E-state index >= 15 is 0 Å². The van der Waals surface area contributed by atoms with Crippen molar-refractivity contribution in [2.45, 2.75) is 11.6 Å². The standard InChI is InChI=1S/C10H10ClN3O2S/c11-9-3-1-2-8(6-9)7-13-17(15,16)10-4-5-12-14-10/h1-6,13H,7H2,(H,12,14). The first-order chi connectivity index (χ1) is 8.08. The van der Waals surface area contributed by atoms with Gasteiger partial charge in [-0.2, -0.15) is 5.10 Å². The molecule has 5 nitrogen and oxygen atoms in total. The fourth-order valence-electron chi connectivity index (χ4n) is 1.30. The van der Waals surface area contributed by atoms with E-state index in [1.54, 1.807) is 24.3 Å². The van der Waals surface area contributed by atoms with Crippen molar-refractivity contribution in [1.29, 1.82) is 0 Å². The van der Waals surface area contributed by atoms with Gasteiger partial charge in [-0.25, -0.2) is 13.1 Å². The van der Waals surface area contributed by atoms with Crippen LogP contribution in [0, 0.1) is 0 Å². The van der Waals surface area contributed by atoms with E-state index in [4.69, 9.17) is 11.6 Å². The molecular weight excluding hydrogens is 262 g/mol. The van der Waals surface area contributed by atoms with E-state index in [1.807, 2.05) is 0 Å². The summed E-state index contributed by atoms with van der Waals surface area (Å²) in [5.74, 6) is 0. The number of aromatic amines is 1. The Morgan fingerprint density at radius 3 is 2.82 bits per heavy atom. The van der Waals surface area contributed by atoms with Crippen LogP contribution in [0.1, 0.15) is 5.56 Å². The first-order valence-corrected chi connectivity index (χ1v) is 6.67. The highest BCUT2D eigenvalue weighted by atomic mass is 35.5. The number of hydrogen-bond donors (Lipinski definition) is 2. The Kier molecular flexibility index (Phi) is 3.46. The topological polar surface area (TPSA) is 74.8 Å². The van der Waals surface area contributed by atoms with Gasteiger partial charge in [0.25, 0.3) is 10.0 Å². The summed E-state index contributed by atoms with van der Waals surface area (Å²) in [6.45, 7) is 0.182. The summed E-state index contributed by atoms with van der Waals surface area (Å²) in [5, 5.41) is 6.60. The number of nitrogens with one attached hydrogen (secondary N) is 2. The van der Waals surface area contributed by atoms with Gasteiger partial charge in [-0.3, -0.25) is 5.10 Å². The van der Waals surface area contributed by atoms with E-state index in [0.29, 0.717) is 5.02 Å². The van der Waals surface area contributed by atoms with Crippen molar-refractivity contribution in [1.82, 2.24) is 14.9 Å². The lowest BCUT2D eigenvalue weighted by Crippen LogP contribution is -2.23. The molecular formula is C10H10ClN3O2S. The number of halogens is 1. The Hall–Kier alpha value is -1.37. The van der Waals surface area contributed by atoms with Crippen molar-refractivity contribution in [3.8, 4) is 0 Å². The molecule has 0 saturated carbocycles. The summed E-state index contributed by atoms with van der Waals surface area (Å²) in [6.07, 6.45) is 1.38. The van der Waals surface area contributed by atoms with Gasteiger partial charge in [-0.1, -0.05) is 23.7 Å². The molecule has 2 rings (SSSR count). The molecule has 0 unspecified atom stereocenters. The van der Waals surface area contributed by atoms with Crippen LogP contribution in [0.2, 0.25) is 5.02 Å². The minimum atomic E-state index is -3.54. The normalized spacial score (nSPS) is 11.6. The quantitative estimate of drug-likeness (QED) is 0.886. The Morgan fingerprint density at radius 1 is 1.35 bits per heavy atom. The minimum Gasteiger partial charge on any atom is -0.266 e. The number of aromatic nitrogens is 2. The maximum atomic E-state index is 11.7. The zero-order valence-corrected chi connectivity index (χ0v) is 10.3. The molecule has 0 spiro atoms. The number of rotatable bonds is 4. The number of benzene rings is 1. The second kappa shape index (κ2) is 4.87. The monoisotopic (exact) mass is 271 g/mol. The predicted octanol–water partition coefficient (Wildman–Crippen LogP) is 1.54. The lowest BCUT2D eigenvalue weighted by Gasteiger charge is -2.04. The molecule has 0 fully saturated rings. The van der Waals surface area contributed by atoms with Gasteiger partial charge in [0.05, 0.1) is 6.20 Å². The average Bonchev–Trinajstić information content (AvgIpc) is 2.81. The van der Waals surface area contributed by atoms with Crippen LogP contribution in [0.25, 0.3) is 0 Å². The highest BCUT2D eigenvalue weighted by Crippen LogP contribution is 2.11. The van der Waals surface area contributed by atoms with Crippen LogP contribution in [0.15, 0.2) is 41.6 Å². The number of nitrogens with zero attached hydrogens (tertiary/aromatic N) is 1. The molecule has 2 aromatic rings. The summed E-state index contributed by atoms with van der Waals surface area (Å²) in [5.41, 5.74) is 0.792. The molecule has 1 heterocycles. The Labute approximate surface area is 104 Å². The predicted molar refractivity (Wildman–Crippen MR) is 64.1 cm³/mol. The molecule has 0 saturated heterocycles. The van der Waals surface area contributed by atoms with Crippen molar-refractivity contribution >= 4 is 21.6 Å². The average molecular weight is 272 g/mol. The van der Waals surface area contributed by atoms with E-state index in [9.17, 15) is 8.42 Å². The van der Waals surface area contributed by atoms with Gasteiger partial charge in [0.15, 0.2) is 5.03 Å². The summed E-state index contributed by atoms with van der Waals surface area (Å²) in [4.78, 5) is 0. The zero-order valence-electron chi connectivity index (χ0n) is 8.72. The summed E-state index contributed by atoms with van der Waals surface area (Å²) in [6, 6.07) is 8.38. The van der Waals surface area contributed by atoms with Gasteiger partial charge in [-0.05, 0) is 23.8 Å². The maximum absolute atomic E-state index is 11.7. The molecule has 1 aromatic heterocycles. The summed E-state index contributed by atoms with van der Waals surface area (Å²) in [7, 11) is -3.54. The Bertz CT molecular complexity index is 596. The molecule has 1 aromatic carbocycles. The number of hydrogen-bond acceptors (Lipinski definition) is 3. The fraction of sp³-hybridized carbons (Fsp3) is 0.100. The molecule has 0 aliphatic carbocycles. The smallest absolute Gasteiger partial charge is 0.257 e. The Balaban J connectivity index is 2.08. The first kappa shape index (κ1) is 12.1. The third kappa shape index (κ3) is 3.06. The number of H-pyrrole nitrogens is 1. The van der Waals surface area contributed by atoms with Gasteiger partial charge in [0, 0.05) is 11.6 Å². The van der Waals surface area contributed by atoms with Gasteiger partial charge >= 0.3 is 0 Å². The van der Waals surface area contributed by atoms with Gasteiger partial charge in [0.1, 0.15) is 0 Å². The van der Waals surface area contributed by atoms with Crippen molar-refractivity contribution in [2.24, 2.45) is 0 Å². The number of sulfonamides is 1. The minimum absolute atomic E-state index is 0.0412. The molecule has 0 radical (unpaired) electrons. The second-order valence-corrected chi connectivity index (χ2v) is 5.55. The fourth-order valence-corrected chi connectivity index (χ4v) is 2.43. The lowest BCUT2D eigenvalue weighted by atomic mass is 10.2. The first-order valence-electron chi connectivity index (χ1n) is 4.81. The maximum Gasteiger partial charge on any atom is 0.257 e. The molecule has 0 atom stereocenters. The van der Waals surface area contributed by atoms with Crippen molar-refractivity contribution in [3.05, 3.63) is 47.1 Å². The Morgan fingerprint density at radius 2 is 2.18 bits per heavy atom. The van der Waals surface area contributed by atoms with Crippen LogP contribution in [0.5, 0.6) is 0 Å². The molecule has 7 heteroatoms. The largest absolute Gasteiger partial charge is 0.266 e. The molecule has 0 aliphatic heterocycles. The van der Waals surface area contributed by atoms with Crippen molar-refractivity contribution < 1.29 is 8.42 Å². The highest BCUT2D eigenvalue weighted by molar-refractivity contribution is 7.89. The molecule has 0 bridgehead atoms. The van der Waals surface area contributed by atoms with Crippen LogP contribution in [-0.4, -0.2) is 18.6 Å². The van der Waals surface area contributed by atoms with Crippen LogP contribution < -0.4 is 4.72 Å². The van der Waals surface area contributed by atoms with Crippen LogP contribution in [-0.2, 0) is 16.6 Å².